The zero-order valence-electron chi connectivity index (χ0n) is 13.4. The molecule has 0 aliphatic heterocycles. The highest BCUT2D eigenvalue weighted by Crippen LogP contribution is 2.16. The molecular weight excluding hydrogens is 325 g/mol. The van der Waals surface area contributed by atoms with E-state index in [4.69, 9.17) is 19.7 Å². The van der Waals surface area contributed by atoms with Crippen LogP contribution in [0.5, 0.6) is 5.75 Å². The SMILES string of the molecule is N#CCCN(CCC#N)C(=O)c1ccc(COc2ccc(F)cc2)o1. The second kappa shape index (κ2) is 9.09. The lowest BCUT2D eigenvalue weighted by molar-refractivity contribution is 0.0726. The molecule has 0 atom stereocenters. The van der Waals surface area contributed by atoms with Crippen LogP contribution in [0.3, 0.4) is 0 Å². The van der Waals surface area contributed by atoms with Gasteiger partial charge in [-0.25, -0.2) is 4.39 Å². The number of furan rings is 1. The first kappa shape index (κ1) is 18.0. The molecule has 1 amide bonds. The zero-order chi connectivity index (χ0) is 18.1. The molecule has 25 heavy (non-hydrogen) atoms. The number of benzene rings is 1. The Balaban J connectivity index is 1.98. The van der Waals surface area contributed by atoms with Gasteiger partial charge in [-0.1, -0.05) is 0 Å². The molecule has 0 saturated heterocycles. The van der Waals surface area contributed by atoms with Crippen LogP contribution in [-0.4, -0.2) is 23.9 Å². The number of halogens is 1. The molecule has 1 aromatic heterocycles. The van der Waals surface area contributed by atoms with E-state index in [9.17, 15) is 9.18 Å². The summed E-state index contributed by atoms with van der Waals surface area (Å²) in [4.78, 5) is 13.8. The van der Waals surface area contributed by atoms with Crippen molar-refractivity contribution in [3.05, 3.63) is 53.7 Å². The fourth-order valence-electron chi connectivity index (χ4n) is 2.10. The van der Waals surface area contributed by atoms with E-state index in [-0.39, 0.29) is 50.0 Å². The van der Waals surface area contributed by atoms with E-state index in [0.29, 0.717) is 11.5 Å². The molecule has 0 fully saturated rings. The molecule has 1 heterocycles. The van der Waals surface area contributed by atoms with Crippen molar-refractivity contribution in [3.8, 4) is 17.9 Å². The average molecular weight is 341 g/mol. The molecule has 1 aromatic carbocycles. The van der Waals surface area contributed by atoms with Crippen molar-refractivity contribution >= 4 is 5.91 Å². The van der Waals surface area contributed by atoms with Crippen LogP contribution in [0.15, 0.2) is 40.8 Å². The number of rotatable bonds is 8. The molecule has 0 saturated carbocycles. The Kier molecular flexibility index (Phi) is 6.56. The minimum absolute atomic E-state index is 0.0926. The molecule has 0 spiro atoms. The molecule has 0 N–H and O–H groups in total. The van der Waals surface area contributed by atoms with Gasteiger partial charge in [-0.05, 0) is 36.4 Å². The topological polar surface area (TPSA) is 90.3 Å². The molecule has 128 valence electrons. The van der Waals surface area contributed by atoms with Crippen LogP contribution < -0.4 is 4.74 Å². The van der Waals surface area contributed by atoms with Gasteiger partial charge < -0.3 is 14.1 Å². The number of amides is 1. The molecule has 0 unspecified atom stereocenters. The lowest BCUT2D eigenvalue weighted by Gasteiger charge is -2.18. The number of ether oxygens (including phenoxy) is 1. The van der Waals surface area contributed by atoms with Crippen LogP contribution in [-0.2, 0) is 6.61 Å². The maximum atomic E-state index is 12.8. The highest BCUT2D eigenvalue weighted by molar-refractivity contribution is 5.91. The minimum Gasteiger partial charge on any atom is -0.486 e. The van der Waals surface area contributed by atoms with Gasteiger partial charge in [0.1, 0.15) is 23.9 Å². The lowest BCUT2D eigenvalue weighted by Crippen LogP contribution is -2.32. The summed E-state index contributed by atoms with van der Waals surface area (Å²) in [6, 6.07) is 12.7. The number of nitrogens with zero attached hydrogens (tertiary/aromatic N) is 3. The van der Waals surface area contributed by atoms with E-state index in [1.807, 2.05) is 12.1 Å². The maximum Gasteiger partial charge on any atom is 0.289 e. The van der Waals surface area contributed by atoms with Crippen molar-refractivity contribution in [3.63, 3.8) is 0 Å². The van der Waals surface area contributed by atoms with Crippen LogP contribution in [0.4, 0.5) is 4.39 Å². The highest BCUT2D eigenvalue weighted by atomic mass is 19.1. The predicted molar refractivity (Wildman–Crippen MR) is 85.8 cm³/mol. The van der Waals surface area contributed by atoms with Crippen molar-refractivity contribution in [2.75, 3.05) is 13.1 Å². The Hall–Kier alpha value is -3.32. The van der Waals surface area contributed by atoms with E-state index >= 15 is 0 Å². The van der Waals surface area contributed by atoms with E-state index in [2.05, 4.69) is 0 Å². The molecular formula is C18H16FN3O3. The van der Waals surface area contributed by atoms with Crippen molar-refractivity contribution in [1.82, 2.24) is 4.90 Å². The largest absolute Gasteiger partial charge is 0.486 e. The molecule has 0 aliphatic rings. The van der Waals surface area contributed by atoms with Gasteiger partial charge in [0.15, 0.2) is 5.76 Å². The Morgan fingerprint density at radius 3 is 2.32 bits per heavy atom. The first-order chi connectivity index (χ1) is 12.1. The van der Waals surface area contributed by atoms with Gasteiger partial charge in [-0.3, -0.25) is 4.79 Å². The fraction of sp³-hybridized carbons (Fsp3) is 0.278. The molecule has 0 bridgehead atoms. The molecule has 7 heteroatoms. The highest BCUT2D eigenvalue weighted by Gasteiger charge is 2.19. The van der Waals surface area contributed by atoms with E-state index < -0.39 is 0 Å². The van der Waals surface area contributed by atoms with Gasteiger partial charge in [-0.2, -0.15) is 10.5 Å². The third-order valence-corrected chi connectivity index (χ3v) is 3.34. The first-order valence-corrected chi connectivity index (χ1v) is 7.64. The van der Waals surface area contributed by atoms with Crippen LogP contribution in [0.1, 0.15) is 29.2 Å². The smallest absolute Gasteiger partial charge is 0.289 e. The number of carbonyl (C=O) groups is 1. The van der Waals surface area contributed by atoms with Crippen molar-refractivity contribution < 1.29 is 18.3 Å². The van der Waals surface area contributed by atoms with Crippen LogP contribution in [0.25, 0.3) is 0 Å². The number of hydrogen-bond donors (Lipinski definition) is 0. The number of hydrogen-bond acceptors (Lipinski definition) is 5. The zero-order valence-corrected chi connectivity index (χ0v) is 13.4. The Morgan fingerprint density at radius 2 is 1.72 bits per heavy atom. The summed E-state index contributed by atoms with van der Waals surface area (Å²) in [5, 5.41) is 17.4. The molecule has 2 rings (SSSR count). The second-order valence-corrected chi connectivity index (χ2v) is 5.12. The van der Waals surface area contributed by atoms with Crippen LogP contribution in [0.2, 0.25) is 0 Å². The van der Waals surface area contributed by atoms with E-state index in [1.165, 1.54) is 35.2 Å². The van der Waals surface area contributed by atoms with Gasteiger partial charge in [0.25, 0.3) is 5.91 Å². The summed E-state index contributed by atoms with van der Waals surface area (Å²) in [6.07, 6.45) is 0.358. The Labute approximate surface area is 144 Å². The fourth-order valence-corrected chi connectivity index (χ4v) is 2.10. The van der Waals surface area contributed by atoms with Gasteiger partial charge in [-0.15, -0.1) is 0 Å². The molecule has 0 aliphatic carbocycles. The minimum atomic E-state index is -0.376. The number of nitriles is 2. The summed E-state index contributed by atoms with van der Waals surface area (Å²) < 4.78 is 23.8. The van der Waals surface area contributed by atoms with Gasteiger partial charge >= 0.3 is 0 Å². The molecule has 2 aromatic rings. The quantitative estimate of drug-likeness (QED) is 0.735. The van der Waals surface area contributed by atoms with E-state index in [0.717, 1.165) is 0 Å². The summed E-state index contributed by atoms with van der Waals surface area (Å²) >= 11 is 0. The summed E-state index contributed by atoms with van der Waals surface area (Å²) in [6.45, 7) is 0.563. The second-order valence-electron chi connectivity index (χ2n) is 5.12. The standard InChI is InChI=1S/C18H16FN3O3/c19-14-3-5-15(6-4-14)24-13-16-7-8-17(25-16)18(23)22(11-1-9-20)12-2-10-21/h3-8H,1-2,11-13H2. The van der Waals surface area contributed by atoms with Gasteiger partial charge in [0, 0.05) is 13.1 Å². The van der Waals surface area contributed by atoms with Gasteiger partial charge in [0.05, 0.1) is 25.0 Å². The normalized spacial score (nSPS) is 9.88. The monoisotopic (exact) mass is 341 g/mol. The predicted octanol–water partition coefficient (Wildman–Crippen LogP) is 3.27. The molecule has 0 radical (unpaired) electrons. The summed E-state index contributed by atoms with van der Waals surface area (Å²) in [5.41, 5.74) is 0. The summed E-state index contributed by atoms with van der Waals surface area (Å²) in [5.74, 6) is 0.309. The third-order valence-electron chi connectivity index (χ3n) is 3.34. The summed E-state index contributed by atoms with van der Waals surface area (Å²) in [7, 11) is 0. The average Bonchev–Trinajstić information content (AvgIpc) is 3.10. The molecule has 6 nitrogen and oxygen atoms in total. The Bertz CT molecular complexity index is 769. The van der Waals surface area contributed by atoms with E-state index in [1.54, 1.807) is 6.07 Å². The Morgan fingerprint density at radius 1 is 1.08 bits per heavy atom. The number of carbonyl (C=O) groups excluding carboxylic acids is 1. The van der Waals surface area contributed by atoms with Gasteiger partial charge in [0.2, 0.25) is 0 Å². The van der Waals surface area contributed by atoms with Crippen LogP contribution in [0, 0.1) is 28.5 Å². The van der Waals surface area contributed by atoms with Crippen molar-refractivity contribution in [2.24, 2.45) is 0 Å². The van der Waals surface area contributed by atoms with Crippen LogP contribution >= 0.6 is 0 Å². The first-order valence-electron chi connectivity index (χ1n) is 7.64. The van der Waals surface area contributed by atoms with Crippen molar-refractivity contribution in [1.29, 1.82) is 10.5 Å². The maximum absolute atomic E-state index is 12.8. The van der Waals surface area contributed by atoms with Crippen molar-refractivity contribution in [2.45, 2.75) is 19.4 Å². The third kappa shape index (κ3) is 5.36. The lowest BCUT2D eigenvalue weighted by atomic mass is 10.3.